The number of rotatable bonds is 5. The van der Waals surface area contributed by atoms with Crippen molar-refractivity contribution in [1.29, 1.82) is 0 Å². The fourth-order valence-corrected chi connectivity index (χ4v) is 2.12. The zero-order valence-electron chi connectivity index (χ0n) is 13.8. The molecule has 130 valence electrons. The molecule has 0 fully saturated rings. The molecule has 0 saturated carbocycles. The first-order valence-electron chi connectivity index (χ1n) is 7.56. The minimum absolute atomic E-state index is 0.0404. The minimum atomic E-state index is -0.963. The highest BCUT2D eigenvalue weighted by Crippen LogP contribution is 2.17. The molecule has 2 aromatic carbocycles. The van der Waals surface area contributed by atoms with E-state index in [1.54, 1.807) is 12.1 Å². The molecule has 1 N–H and O–H groups in total. The van der Waals surface area contributed by atoms with Crippen molar-refractivity contribution in [2.75, 3.05) is 5.32 Å². The van der Waals surface area contributed by atoms with Crippen LogP contribution in [0.3, 0.4) is 0 Å². The minimum Gasteiger partial charge on any atom is -0.449 e. The van der Waals surface area contributed by atoms with Crippen LogP contribution < -0.4 is 5.32 Å². The predicted octanol–water partition coefficient (Wildman–Crippen LogP) is 4.37. The van der Waals surface area contributed by atoms with Gasteiger partial charge >= 0.3 is 5.97 Å². The summed E-state index contributed by atoms with van der Waals surface area (Å²) in [5.74, 6) is -1.66. The summed E-state index contributed by atoms with van der Waals surface area (Å²) in [6.07, 6.45) is 1.62. The number of esters is 1. The molecule has 25 heavy (non-hydrogen) atoms. The van der Waals surface area contributed by atoms with Crippen molar-refractivity contribution in [2.45, 2.75) is 20.0 Å². The largest absolute Gasteiger partial charge is 0.449 e. The van der Waals surface area contributed by atoms with Crippen LogP contribution in [0.25, 0.3) is 6.08 Å². The van der Waals surface area contributed by atoms with Crippen LogP contribution in [0.2, 0.25) is 5.02 Å². The quantitative estimate of drug-likeness (QED) is 0.635. The Bertz CT molecular complexity index is 803. The third-order valence-electron chi connectivity index (χ3n) is 3.34. The average Bonchev–Trinajstić information content (AvgIpc) is 2.58. The van der Waals surface area contributed by atoms with Crippen molar-refractivity contribution < 1.29 is 18.7 Å². The topological polar surface area (TPSA) is 55.4 Å². The Kier molecular flexibility index (Phi) is 6.31. The van der Waals surface area contributed by atoms with E-state index >= 15 is 0 Å². The lowest BCUT2D eigenvalue weighted by Crippen LogP contribution is -2.29. The molecular weight excluding hydrogens is 345 g/mol. The van der Waals surface area contributed by atoms with Crippen molar-refractivity contribution in [3.05, 3.63) is 70.5 Å². The van der Waals surface area contributed by atoms with Gasteiger partial charge in [-0.1, -0.05) is 35.4 Å². The van der Waals surface area contributed by atoms with E-state index in [2.05, 4.69) is 5.32 Å². The van der Waals surface area contributed by atoms with Gasteiger partial charge in [-0.3, -0.25) is 4.79 Å². The highest BCUT2D eigenvalue weighted by atomic mass is 35.5. The van der Waals surface area contributed by atoms with Crippen molar-refractivity contribution >= 4 is 35.2 Å². The van der Waals surface area contributed by atoms with Crippen LogP contribution in [-0.2, 0) is 14.3 Å². The molecule has 0 bridgehead atoms. The SMILES string of the molecule is Cc1ccc(NC(=O)[C@H](C)OC(=O)/C=C/c2ccc(F)c(Cl)c2)cc1. The van der Waals surface area contributed by atoms with Gasteiger partial charge in [0, 0.05) is 11.8 Å². The second-order valence-corrected chi connectivity index (χ2v) is 5.85. The van der Waals surface area contributed by atoms with E-state index < -0.39 is 23.8 Å². The maximum atomic E-state index is 13.1. The standard InChI is InChI=1S/C19H17ClFNO3/c1-12-3-7-15(8-4-12)22-19(24)13(2)25-18(23)10-6-14-5-9-17(21)16(20)11-14/h3-11,13H,1-2H3,(H,22,24)/b10-6+/t13-/m0/s1. The van der Waals surface area contributed by atoms with E-state index in [-0.39, 0.29) is 5.02 Å². The van der Waals surface area contributed by atoms with Crippen molar-refractivity contribution in [2.24, 2.45) is 0 Å². The van der Waals surface area contributed by atoms with Crippen LogP contribution in [0.4, 0.5) is 10.1 Å². The molecular formula is C19H17ClFNO3. The molecule has 0 radical (unpaired) electrons. The molecule has 0 aliphatic heterocycles. The van der Waals surface area contributed by atoms with Gasteiger partial charge in [0.15, 0.2) is 6.10 Å². The zero-order valence-corrected chi connectivity index (χ0v) is 14.5. The lowest BCUT2D eigenvalue weighted by molar-refractivity contribution is -0.148. The molecule has 0 aromatic heterocycles. The van der Waals surface area contributed by atoms with Crippen molar-refractivity contribution in [3.8, 4) is 0 Å². The maximum absolute atomic E-state index is 13.1. The van der Waals surface area contributed by atoms with Crippen LogP contribution in [0.1, 0.15) is 18.1 Å². The van der Waals surface area contributed by atoms with Gasteiger partial charge in [0.2, 0.25) is 0 Å². The fraction of sp³-hybridized carbons (Fsp3) is 0.158. The molecule has 2 rings (SSSR count). The average molecular weight is 362 g/mol. The van der Waals surface area contributed by atoms with E-state index in [0.29, 0.717) is 11.3 Å². The zero-order chi connectivity index (χ0) is 18.4. The summed E-state index contributed by atoms with van der Waals surface area (Å²) in [6, 6.07) is 11.3. The number of benzene rings is 2. The van der Waals surface area contributed by atoms with Crippen LogP contribution in [0, 0.1) is 12.7 Å². The van der Waals surface area contributed by atoms with Crippen molar-refractivity contribution in [1.82, 2.24) is 0 Å². The summed E-state index contributed by atoms with van der Waals surface area (Å²) < 4.78 is 18.1. The fourth-order valence-electron chi connectivity index (χ4n) is 1.93. The Hall–Kier alpha value is -2.66. The molecule has 0 unspecified atom stereocenters. The summed E-state index contributed by atoms with van der Waals surface area (Å²) in [4.78, 5) is 23.8. The Morgan fingerprint density at radius 2 is 1.88 bits per heavy atom. The third kappa shape index (κ3) is 5.72. The smallest absolute Gasteiger partial charge is 0.331 e. The van der Waals surface area contributed by atoms with Gasteiger partial charge in [-0.25, -0.2) is 9.18 Å². The molecule has 1 amide bonds. The highest BCUT2D eigenvalue weighted by Gasteiger charge is 2.16. The van der Waals surface area contributed by atoms with Gasteiger partial charge in [0.1, 0.15) is 5.82 Å². The molecule has 4 nitrogen and oxygen atoms in total. The number of ether oxygens (including phenoxy) is 1. The molecule has 6 heteroatoms. The first-order valence-corrected chi connectivity index (χ1v) is 7.94. The van der Waals surface area contributed by atoms with E-state index in [1.807, 2.05) is 19.1 Å². The summed E-state index contributed by atoms with van der Waals surface area (Å²) in [5.41, 5.74) is 2.23. The monoisotopic (exact) mass is 361 g/mol. The van der Waals surface area contributed by atoms with Gasteiger partial charge < -0.3 is 10.1 Å². The number of hydrogen-bond donors (Lipinski definition) is 1. The summed E-state index contributed by atoms with van der Waals surface area (Å²) in [5, 5.41) is 2.62. The molecule has 0 saturated heterocycles. The van der Waals surface area contributed by atoms with E-state index in [9.17, 15) is 14.0 Å². The number of hydrogen-bond acceptors (Lipinski definition) is 3. The summed E-state index contributed by atoms with van der Waals surface area (Å²) >= 11 is 5.66. The van der Waals surface area contributed by atoms with Crippen LogP contribution in [0.5, 0.6) is 0 Å². The van der Waals surface area contributed by atoms with Gasteiger partial charge in [-0.05, 0) is 49.8 Å². The third-order valence-corrected chi connectivity index (χ3v) is 3.63. The van der Waals surface area contributed by atoms with E-state index in [0.717, 1.165) is 11.6 Å². The normalized spacial score (nSPS) is 12.0. The predicted molar refractivity (Wildman–Crippen MR) is 95.8 cm³/mol. The van der Waals surface area contributed by atoms with Crippen LogP contribution in [-0.4, -0.2) is 18.0 Å². The number of carbonyl (C=O) groups excluding carboxylic acids is 2. The summed E-state index contributed by atoms with van der Waals surface area (Å²) in [7, 11) is 0. The maximum Gasteiger partial charge on any atom is 0.331 e. The Labute approximate surface area is 150 Å². The Morgan fingerprint density at radius 3 is 2.52 bits per heavy atom. The second-order valence-electron chi connectivity index (χ2n) is 5.44. The van der Waals surface area contributed by atoms with Gasteiger partial charge in [-0.2, -0.15) is 0 Å². The van der Waals surface area contributed by atoms with Crippen molar-refractivity contribution in [3.63, 3.8) is 0 Å². The molecule has 1 atom stereocenters. The van der Waals surface area contributed by atoms with Crippen LogP contribution >= 0.6 is 11.6 Å². The number of amides is 1. The number of nitrogens with one attached hydrogen (secondary N) is 1. The van der Waals surface area contributed by atoms with Gasteiger partial charge in [-0.15, -0.1) is 0 Å². The highest BCUT2D eigenvalue weighted by molar-refractivity contribution is 6.30. The molecule has 0 heterocycles. The Balaban J connectivity index is 1.90. The molecule has 2 aromatic rings. The molecule has 0 aliphatic rings. The number of carbonyl (C=O) groups is 2. The number of anilines is 1. The molecule has 0 aliphatic carbocycles. The summed E-state index contributed by atoms with van der Waals surface area (Å²) in [6.45, 7) is 3.42. The van der Waals surface area contributed by atoms with E-state index in [1.165, 1.54) is 31.2 Å². The number of aryl methyl sites for hydroxylation is 1. The van der Waals surface area contributed by atoms with Gasteiger partial charge in [0.05, 0.1) is 5.02 Å². The van der Waals surface area contributed by atoms with Gasteiger partial charge in [0.25, 0.3) is 5.91 Å². The first-order chi connectivity index (χ1) is 11.8. The first kappa shape index (κ1) is 18.7. The Morgan fingerprint density at radius 1 is 1.20 bits per heavy atom. The number of halogens is 2. The second kappa shape index (κ2) is 8.44. The lowest BCUT2D eigenvalue weighted by Gasteiger charge is -2.12. The van der Waals surface area contributed by atoms with Crippen LogP contribution in [0.15, 0.2) is 48.5 Å². The lowest BCUT2D eigenvalue weighted by atomic mass is 10.2. The van der Waals surface area contributed by atoms with E-state index in [4.69, 9.17) is 16.3 Å². The molecule has 0 spiro atoms.